The quantitative estimate of drug-likeness (QED) is 0.190. The third-order valence-corrected chi connectivity index (χ3v) is 6.83. The standard InChI is InChI=1S/C21H13I3O3/c1-9-4-16(25)21(20-13(9)6-11(23)7-17(20)26)19-12-3-2-10(22)5-14(12)15(24)8-18(19)27/h2-8,25-27H,1H3. The lowest BCUT2D eigenvalue weighted by Gasteiger charge is -2.17. The molecule has 0 fully saturated rings. The third kappa shape index (κ3) is 3.23. The van der Waals surface area contributed by atoms with Gasteiger partial charge in [0, 0.05) is 27.2 Å². The summed E-state index contributed by atoms with van der Waals surface area (Å²) in [5.74, 6) is 0.196. The van der Waals surface area contributed by atoms with E-state index in [0.717, 1.165) is 32.4 Å². The zero-order chi connectivity index (χ0) is 19.5. The van der Waals surface area contributed by atoms with Crippen molar-refractivity contribution in [3.63, 3.8) is 0 Å². The van der Waals surface area contributed by atoms with Crippen LogP contribution in [0.15, 0.2) is 42.5 Å². The first kappa shape index (κ1) is 19.3. The Kier molecular flexibility index (Phi) is 5.08. The van der Waals surface area contributed by atoms with Gasteiger partial charge in [-0.15, -0.1) is 0 Å². The Morgan fingerprint density at radius 1 is 0.630 bits per heavy atom. The predicted octanol–water partition coefficient (Wildman–Crippen LogP) is 6.90. The molecule has 0 aliphatic heterocycles. The Morgan fingerprint density at radius 3 is 2.04 bits per heavy atom. The highest BCUT2D eigenvalue weighted by atomic mass is 127. The highest BCUT2D eigenvalue weighted by molar-refractivity contribution is 14.1. The molecule has 0 saturated heterocycles. The molecule has 0 radical (unpaired) electrons. The van der Waals surface area contributed by atoms with Crippen LogP contribution in [-0.2, 0) is 0 Å². The maximum atomic E-state index is 10.8. The van der Waals surface area contributed by atoms with Gasteiger partial charge in [-0.3, -0.25) is 0 Å². The number of phenolic OH excluding ortho intramolecular Hbond substituents is 3. The Bertz CT molecular complexity index is 1250. The lowest BCUT2D eigenvalue weighted by molar-refractivity contribution is 0.467. The normalized spacial score (nSPS) is 11.4. The number of fused-ring (bicyclic) bond motifs is 2. The largest absolute Gasteiger partial charge is 0.507 e. The van der Waals surface area contributed by atoms with Crippen molar-refractivity contribution in [2.24, 2.45) is 0 Å². The number of halogens is 3. The SMILES string of the molecule is Cc1cc(O)c(-c2c(O)cc(I)c3cc(I)ccc23)c2c(O)cc(I)cc12. The van der Waals surface area contributed by atoms with Crippen molar-refractivity contribution in [1.82, 2.24) is 0 Å². The van der Waals surface area contributed by atoms with Crippen LogP contribution in [0.25, 0.3) is 32.7 Å². The first-order chi connectivity index (χ1) is 12.8. The molecule has 27 heavy (non-hydrogen) atoms. The van der Waals surface area contributed by atoms with Crippen molar-refractivity contribution in [3.8, 4) is 28.4 Å². The maximum absolute atomic E-state index is 10.8. The summed E-state index contributed by atoms with van der Waals surface area (Å²) < 4.78 is 2.92. The van der Waals surface area contributed by atoms with Crippen LogP contribution in [0, 0.1) is 17.6 Å². The fourth-order valence-corrected chi connectivity index (χ4v) is 5.34. The first-order valence-corrected chi connectivity index (χ1v) is 11.3. The number of hydrogen-bond donors (Lipinski definition) is 3. The van der Waals surface area contributed by atoms with Crippen LogP contribution in [0.5, 0.6) is 17.2 Å². The summed E-state index contributed by atoms with van der Waals surface area (Å²) in [5, 5.41) is 35.6. The summed E-state index contributed by atoms with van der Waals surface area (Å²) >= 11 is 6.62. The summed E-state index contributed by atoms with van der Waals surface area (Å²) in [6, 6.07) is 13.0. The van der Waals surface area contributed by atoms with Crippen molar-refractivity contribution < 1.29 is 15.3 Å². The molecule has 0 heterocycles. The van der Waals surface area contributed by atoms with Gasteiger partial charge in [-0.25, -0.2) is 0 Å². The van der Waals surface area contributed by atoms with E-state index in [4.69, 9.17) is 0 Å². The van der Waals surface area contributed by atoms with Crippen LogP contribution in [0.3, 0.4) is 0 Å². The molecule has 0 aliphatic rings. The first-order valence-electron chi connectivity index (χ1n) is 8.04. The molecule has 0 unspecified atom stereocenters. The fraction of sp³-hybridized carbons (Fsp3) is 0.0476. The summed E-state index contributed by atoms with van der Waals surface area (Å²) in [7, 11) is 0. The zero-order valence-corrected chi connectivity index (χ0v) is 20.5. The summed E-state index contributed by atoms with van der Waals surface area (Å²) in [6.45, 7) is 1.90. The maximum Gasteiger partial charge on any atom is 0.125 e. The minimum atomic E-state index is 0.0351. The number of hydrogen-bond acceptors (Lipinski definition) is 3. The van der Waals surface area contributed by atoms with E-state index in [1.165, 1.54) is 0 Å². The topological polar surface area (TPSA) is 60.7 Å². The minimum absolute atomic E-state index is 0.0351. The number of aromatic hydroxyl groups is 3. The second-order valence-electron chi connectivity index (χ2n) is 6.38. The van der Waals surface area contributed by atoms with Crippen LogP contribution < -0.4 is 0 Å². The van der Waals surface area contributed by atoms with E-state index in [-0.39, 0.29) is 17.2 Å². The van der Waals surface area contributed by atoms with Gasteiger partial charge in [0.25, 0.3) is 0 Å². The molecular weight excluding hydrogens is 681 g/mol. The Labute approximate surface area is 196 Å². The fourth-order valence-electron chi connectivity index (χ4n) is 3.51. The molecule has 4 rings (SSSR count). The molecule has 0 amide bonds. The lowest BCUT2D eigenvalue weighted by atomic mass is 9.90. The minimum Gasteiger partial charge on any atom is -0.507 e. The Hall–Kier alpha value is -1.01. The highest BCUT2D eigenvalue weighted by Gasteiger charge is 2.21. The molecule has 0 aliphatic carbocycles. The van der Waals surface area contributed by atoms with Gasteiger partial charge in [0.1, 0.15) is 17.2 Å². The van der Waals surface area contributed by atoms with E-state index in [0.29, 0.717) is 16.5 Å². The van der Waals surface area contributed by atoms with Crippen molar-refractivity contribution in [3.05, 3.63) is 58.7 Å². The van der Waals surface area contributed by atoms with Crippen LogP contribution in [0.1, 0.15) is 5.56 Å². The highest BCUT2D eigenvalue weighted by Crippen LogP contribution is 2.49. The van der Waals surface area contributed by atoms with Gasteiger partial charge >= 0.3 is 0 Å². The molecule has 0 aromatic heterocycles. The van der Waals surface area contributed by atoms with Gasteiger partial charge in [0.15, 0.2) is 0 Å². The molecule has 6 heteroatoms. The van der Waals surface area contributed by atoms with Gasteiger partial charge in [0.05, 0.1) is 0 Å². The molecular formula is C21H13I3O3. The van der Waals surface area contributed by atoms with Crippen molar-refractivity contribution in [1.29, 1.82) is 0 Å². The van der Waals surface area contributed by atoms with Gasteiger partial charge in [-0.1, -0.05) is 6.07 Å². The average molecular weight is 694 g/mol. The van der Waals surface area contributed by atoms with Gasteiger partial charge < -0.3 is 15.3 Å². The van der Waals surface area contributed by atoms with Crippen LogP contribution in [-0.4, -0.2) is 15.3 Å². The van der Waals surface area contributed by atoms with Crippen LogP contribution >= 0.6 is 67.8 Å². The molecule has 0 saturated carbocycles. The van der Waals surface area contributed by atoms with Gasteiger partial charge in [0.2, 0.25) is 0 Å². The second-order valence-corrected chi connectivity index (χ2v) is 10.0. The van der Waals surface area contributed by atoms with E-state index in [1.807, 2.05) is 25.1 Å². The van der Waals surface area contributed by atoms with Crippen molar-refractivity contribution in [2.45, 2.75) is 6.92 Å². The average Bonchev–Trinajstić information content (AvgIpc) is 2.58. The lowest BCUT2D eigenvalue weighted by Crippen LogP contribution is -1.92. The predicted molar refractivity (Wildman–Crippen MR) is 135 cm³/mol. The zero-order valence-electron chi connectivity index (χ0n) is 14.0. The van der Waals surface area contributed by atoms with Crippen molar-refractivity contribution >= 4 is 89.3 Å². The summed E-state index contributed by atoms with van der Waals surface area (Å²) in [5.41, 5.74) is 1.84. The molecule has 0 bridgehead atoms. The summed E-state index contributed by atoms with van der Waals surface area (Å²) in [4.78, 5) is 0. The van der Waals surface area contributed by atoms with Gasteiger partial charge in [-0.2, -0.15) is 0 Å². The monoisotopic (exact) mass is 694 g/mol. The van der Waals surface area contributed by atoms with Crippen LogP contribution in [0.2, 0.25) is 0 Å². The number of aryl methyl sites for hydroxylation is 1. The van der Waals surface area contributed by atoms with E-state index < -0.39 is 0 Å². The van der Waals surface area contributed by atoms with Crippen molar-refractivity contribution in [2.75, 3.05) is 0 Å². The van der Waals surface area contributed by atoms with E-state index in [9.17, 15) is 15.3 Å². The number of rotatable bonds is 1. The molecule has 0 spiro atoms. The molecule has 3 nitrogen and oxygen atoms in total. The van der Waals surface area contributed by atoms with Gasteiger partial charge in [-0.05, 0) is 133 Å². The van der Waals surface area contributed by atoms with E-state index in [1.54, 1.807) is 18.2 Å². The Balaban J connectivity index is 2.25. The van der Waals surface area contributed by atoms with Crippen LogP contribution in [0.4, 0.5) is 0 Å². The van der Waals surface area contributed by atoms with E-state index in [2.05, 4.69) is 73.8 Å². The second kappa shape index (κ2) is 7.11. The summed E-state index contributed by atoms with van der Waals surface area (Å²) in [6.07, 6.45) is 0. The molecule has 0 atom stereocenters. The molecule has 4 aromatic carbocycles. The van der Waals surface area contributed by atoms with E-state index >= 15 is 0 Å². The third-order valence-electron chi connectivity index (χ3n) is 4.64. The number of benzene rings is 4. The number of phenols is 3. The Morgan fingerprint density at radius 2 is 1.30 bits per heavy atom. The molecule has 4 aromatic rings. The molecule has 136 valence electrons. The molecule has 3 N–H and O–H groups in total. The smallest absolute Gasteiger partial charge is 0.125 e.